The van der Waals surface area contributed by atoms with E-state index in [1.807, 2.05) is 6.08 Å². The van der Waals surface area contributed by atoms with Crippen molar-refractivity contribution in [1.29, 1.82) is 0 Å². The summed E-state index contributed by atoms with van der Waals surface area (Å²) in [6, 6.07) is -0.220. The highest BCUT2D eigenvalue weighted by atomic mass is 35.5. The molecule has 118 valence electrons. The minimum absolute atomic E-state index is 0.220. The number of ether oxygens (including phenoxy) is 1. The minimum Gasteiger partial charge on any atom is -0.394 e. The van der Waals surface area contributed by atoms with Crippen molar-refractivity contribution in [2.75, 3.05) is 13.2 Å². The summed E-state index contributed by atoms with van der Waals surface area (Å²) in [7, 11) is 0. The van der Waals surface area contributed by atoms with Crippen LogP contribution in [0, 0.1) is 5.92 Å². The lowest BCUT2D eigenvalue weighted by Gasteiger charge is -2.34. The van der Waals surface area contributed by atoms with Crippen molar-refractivity contribution < 1.29 is 20.1 Å². The van der Waals surface area contributed by atoms with Crippen LogP contribution in [0.4, 0.5) is 0 Å². The van der Waals surface area contributed by atoms with Gasteiger partial charge in [0.2, 0.25) is 0 Å². The number of aliphatic hydroxyl groups excluding tert-OH is 3. The van der Waals surface area contributed by atoms with Gasteiger partial charge in [-0.25, -0.2) is 0 Å². The van der Waals surface area contributed by atoms with Gasteiger partial charge in [0.25, 0.3) is 0 Å². The molecule has 0 radical (unpaired) electrons. The van der Waals surface area contributed by atoms with Crippen molar-refractivity contribution in [3.63, 3.8) is 0 Å². The molecule has 5 nitrogen and oxygen atoms in total. The third kappa shape index (κ3) is 3.35. The first-order chi connectivity index (χ1) is 10.0. The van der Waals surface area contributed by atoms with Gasteiger partial charge in [-0.3, -0.25) is 0 Å². The normalized spacial score (nSPS) is 39.9. The van der Waals surface area contributed by atoms with Crippen molar-refractivity contribution in [3.8, 4) is 0 Å². The van der Waals surface area contributed by atoms with Crippen LogP contribution < -0.4 is 5.32 Å². The second-order valence-corrected chi connectivity index (χ2v) is 5.92. The van der Waals surface area contributed by atoms with E-state index in [4.69, 9.17) is 27.9 Å². The molecule has 1 fully saturated rings. The smallest absolute Gasteiger partial charge is 0.111 e. The van der Waals surface area contributed by atoms with Gasteiger partial charge in [0.15, 0.2) is 0 Å². The second kappa shape index (κ2) is 7.24. The number of aliphatic hydroxyl groups is 3. The molecular formula is C14H19Cl2NO4. The van der Waals surface area contributed by atoms with Crippen LogP contribution in [-0.2, 0) is 4.74 Å². The zero-order chi connectivity index (χ0) is 15.6. The fraction of sp³-hybridized carbons (Fsp3) is 0.571. The molecule has 4 N–H and O–H groups in total. The molecule has 6 atom stereocenters. The lowest BCUT2D eigenvalue weighted by atomic mass is 9.86. The van der Waals surface area contributed by atoms with Gasteiger partial charge in [-0.2, -0.15) is 0 Å². The Bertz CT molecular complexity index is 454. The van der Waals surface area contributed by atoms with E-state index >= 15 is 0 Å². The van der Waals surface area contributed by atoms with E-state index in [0.29, 0.717) is 16.6 Å². The number of allylic oxidation sites excluding steroid dienone is 2. The summed E-state index contributed by atoms with van der Waals surface area (Å²) >= 11 is 12.3. The Morgan fingerprint density at radius 1 is 1.33 bits per heavy atom. The van der Waals surface area contributed by atoms with Crippen LogP contribution in [-0.4, -0.2) is 58.9 Å². The van der Waals surface area contributed by atoms with Crippen molar-refractivity contribution in [1.82, 2.24) is 5.32 Å². The van der Waals surface area contributed by atoms with E-state index in [0.717, 1.165) is 0 Å². The van der Waals surface area contributed by atoms with Gasteiger partial charge in [0, 0.05) is 23.5 Å². The SMILES string of the molecule is C=CCNC1C=CC(Cl)=C(Cl)C1[C@H]1O[C@@H](CO)[C@H](O)[C@@H]1O. The number of hydrogen-bond acceptors (Lipinski definition) is 5. The Balaban J connectivity index is 2.24. The lowest BCUT2D eigenvalue weighted by molar-refractivity contribution is -0.0393. The van der Waals surface area contributed by atoms with E-state index in [1.54, 1.807) is 12.2 Å². The fourth-order valence-corrected chi connectivity index (χ4v) is 3.21. The van der Waals surface area contributed by atoms with E-state index in [1.165, 1.54) is 0 Å². The molecule has 1 aliphatic carbocycles. The Labute approximate surface area is 133 Å². The maximum absolute atomic E-state index is 10.2. The number of rotatable bonds is 5. The van der Waals surface area contributed by atoms with Gasteiger partial charge in [-0.05, 0) is 6.08 Å². The Hall–Kier alpha value is -0.400. The van der Waals surface area contributed by atoms with Crippen molar-refractivity contribution in [2.24, 2.45) is 5.92 Å². The van der Waals surface area contributed by atoms with Gasteiger partial charge in [0.05, 0.1) is 17.7 Å². The predicted octanol–water partition coefficient (Wildman–Crippen LogP) is 0.487. The first-order valence-electron chi connectivity index (χ1n) is 6.71. The molecule has 21 heavy (non-hydrogen) atoms. The summed E-state index contributed by atoms with van der Waals surface area (Å²) in [5.41, 5.74) is 0. The third-order valence-corrected chi connectivity index (χ3v) is 4.67. The average molecular weight is 336 g/mol. The fourth-order valence-electron chi connectivity index (χ4n) is 2.69. The molecule has 0 aromatic heterocycles. The van der Waals surface area contributed by atoms with Crippen LogP contribution >= 0.6 is 23.2 Å². The number of nitrogens with one attached hydrogen (secondary N) is 1. The highest BCUT2D eigenvalue weighted by Crippen LogP contribution is 2.39. The zero-order valence-electron chi connectivity index (χ0n) is 11.3. The molecular weight excluding hydrogens is 317 g/mol. The molecule has 0 aromatic carbocycles. The maximum Gasteiger partial charge on any atom is 0.111 e. The largest absolute Gasteiger partial charge is 0.394 e. The van der Waals surface area contributed by atoms with Gasteiger partial charge >= 0.3 is 0 Å². The molecule has 0 aromatic rings. The molecule has 2 unspecified atom stereocenters. The Morgan fingerprint density at radius 3 is 2.62 bits per heavy atom. The molecule has 1 saturated heterocycles. The summed E-state index contributed by atoms with van der Waals surface area (Å²) in [6.07, 6.45) is 1.32. The lowest BCUT2D eigenvalue weighted by Crippen LogP contribution is -2.47. The van der Waals surface area contributed by atoms with Crippen LogP contribution in [0.2, 0.25) is 0 Å². The second-order valence-electron chi connectivity index (χ2n) is 5.11. The Morgan fingerprint density at radius 2 is 2.05 bits per heavy atom. The van der Waals surface area contributed by atoms with Crippen LogP contribution in [0.5, 0.6) is 0 Å². The van der Waals surface area contributed by atoms with E-state index in [2.05, 4.69) is 11.9 Å². The van der Waals surface area contributed by atoms with Gasteiger partial charge < -0.3 is 25.4 Å². The first kappa shape index (κ1) is 17.0. The van der Waals surface area contributed by atoms with Gasteiger partial charge in [-0.1, -0.05) is 35.4 Å². The molecule has 2 aliphatic rings. The van der Waals surface area contributed by atoms with Crippen molar-refractivity contribution in [2.45, 2.75) is 30.5 Å². The number of hydrogen-bond donors (Lipinski definition) is 4. The Kier molecular flexibility index (Phi) is 5.85. The summed E-state index contributed by atoms with van der Waals surface area (Å²) in [5, 5.41) is 33.2. The van der Waals surface area contributed by atoms with E-state index in [9.17, 15) is 15.3 Å². The molecule has 2 rings (SSSR count). The standard InChI is InChI=1S/C14H19Cl2NO4/c1-2-5-17-8-4-3-7(15)11(16)10(8)14-13(20)12(19)9(6-18)21-14/h2-4,8-10,12-14,17-20H,1,5-6H2/t8?,9-,10?,12-,13-,14+/m0/s1. The minimum atomic E-state index is -1.16. The van der Waals surface area contributed by atoms with Crippen LogP contribution in [0.1, 0.15) is 0 Å². The molecule has 0 bridgehead atoms. The van der Waals surface area contributed by atoms with E-state index < -0.39 is 30.3 Å². The molecule has 0 spiro atoms. The molecule has 1 heterocycles. The highest BCUT2D eigenvalue weighted by Gasteiger charge is 2.49. The molecule has 1 aliphatic heterocycles. The first-order valence-corrected chi connectivity index (χ1v) is 7.47. The molecule has 0 amide bonds. The summed E-state index contributed by atoms with van der Waals surface area (Å²) in [5.74, 6) is -0.453. The predicted molar refractivity (Wildman–Crippen MR) is 81.1 cm³/mol. The van der Waals surface area contributed by atoms with Crippen LogP contribution in [0.3, 0.4) is 0 Å². The van der Waals surface area contributed by atoms with Crippen molar-refractivity contribution >= 4 is 23.2 Å². The average Bonchev–Trinajstić information content (AvgIpc) is 2.76. The quantitative estimate of drug-likeness (QED) is 0.550. The van der Waals surface area contributed by atoms with Crippen LogP contribution in [0.15, 0.2) is 34.9 Å². The van der Waals surface area contributed by atoms with E-state index in [-0.39, 0.29) is 12.6 Å². The molecule has 0 saturated carbocycles. The monoisotopic (exact) mass is 335 g/mol. The van der Waals surface area contributed by atoms with Crippen LogP contribution in [0.25, 0.3) is 0 Å². The highest BCUT2D eigenvalue weighted by molar-refractivity contribution is 6.40. The van der Waals surface area contributed by atoms with Gasteiger partial charge in [-0.15, -0.1) is 6.58 Å². The third-order valence-electron chi connectivity index (χ3n) is 3.79. The summed E-state index contributed by atoms with van der Waals surface area (Å²) in [6.45, 7) is 3.81. The number of halogens is 2. The maximum atomic E-state index is 10.2. The summed E-state index contributed by atoms with van der Waals surface area (Å²) < 4.78 is 5.58. The topological polar surface area (TPSA) is 82.0 Å². The van der Waals surface area contributed by atoms with Crippen molar-refractivity contribution in [3.05, 3.63) is 34.9 Å². The molecule has 7 heteroatoms. The zero-order valence-corrected chi connectivity index (χ0v) is 12.8. The van der Waals surface area contributed by atoms with Gasteiger partial charge in [0.1, 0.15) is 18.3 Å². The summed E-state index contributed by atoms with van der Waals surface area (Å²) in [4.78, 5) is 0.